The van der Waals surface area contributed by atoms with Crippen LogP contribution < -0.4 is 5.32 Å². The van der Waals surface area contributed by atoms with Gasteiger partial charge in [0.1, 0.15) is 0 Å². The number of carbonyl (C=O) groups excluding carboxylic acids is 1. The van der Waals surface area contributed by atoms with Crippen molar-refractivity contribution in [2.45, 2.75) is 17.2 Å². The Morgan fingerprint density at radius 2 is 1.84 bits per heavy atom. The molecule has 25 heavy (non-hydrogen) atoms. The molecule has 7 nitrogen and oxygen atoms in total. The standard InChI is InChI=1S/C15H12F2N4O3S/c16-15(17)25(23,24)11-6-4-10(5-7-11)14(22)18-9-13-20-19-12-3-1-2-8-21(12)13/h1-8,15H,9H2,(H,18,22). The highest BCUT2D eigenvalue weighted by molar-refractivity contribution is 7.91. The summed E-state index contributed by atoms with van der Waals surface area (Å²) in [6, 6.07) is 9.66. The van der Waals surface area contributed by atoms with E-state index in [1.807, 2.05) is 0 Å². The fourth-order valence-corrected chi connectivity index (χ4v) is 2.89. The fourth-order valence-electron chi connectivity index (χ4n) is 2.17. The molecule has 0 atom stereocenters. The highest BCUT2D eigenvalue weighted by atomic mass is 32.2. The quantitative estimate of drug-likeness (QED) is 0.741. The van der Waals surface area contributed by atoms with E-state index in [2.05, 4.69) is 15.5 Å². The molecule has 3 aromatic rings. The van der Waals surface area contributed by atoms with Gasteiger partial charge in [-0.2, -0.15) is 8.78 Å². The number of nitrogens with one attached hydrogen (secondary N) is 1. The van der Waals surface area contributed by atoms with Crippen molar-refractivity contribution in [1.29, 1.82) is 0 Å². The summed E-state index contributed by atoms with van der Waals surface area (Å²) in [5.41, 5.74) is 0.773. The summed E-state index contributed by atoms with van der Waals surface area (Å²) in [5.74, 6) is -3.48. The Kier molecular flexibility index (Phi) is 4.45. The summed E-state index contributed by atoms with van der Waals surface area (Å²) in [6.45, 7) is 0.0983. The second-order valence-corrected chi connectivity index (χ2v) is 6.98. The normalized spacial score (nSPS) is 11.8. The fraction of sp³-hybridized carbons (Fsp3) is 0.133. The van der Waals surface area contributed by atoms with Crippen LogP contribution >= 0.6 is 0 Å². The summed E-state index contributed by atoms with van der Waals surface area (Å²) in [5, 5.41) is 10.5. The molecule has 1 amide bonds. The third kappa shape index (κ3) is 3.33. The number of fused-ring (bicyclic) bond motifs is 1. The van der Waals surface area contributed by atoms with Crippen molar-refractivity contribution >= 4 is 21.4 Å². The summed E-state index contributed by atoms with van der Waals surface area (Å²) in [7, 11) is -4.68. The largest absolute Gasteiger partial charge is 0.345 e. The molecule has 0 fully saturated rings. The topological polar surface area (TPSA) is 93.4 Å². The van der Waals surface area contributed by atoms with Crippen LogP contribution in [0.3, 0.4) is 0 Å². The predicted octanol–water partition coefficient (Wildman–Crippen LogP) is 1.66. The molecule has 1 aromatic carbocycles. The zero-order valence-electron chi connectivity index (χ0n) is 12.6. The van der Waals surface area contributed by atoms with Crippen LogP contribution in [0.5, 0.6) is 0 Å². The first-order valence-electron chi connectivity index (χ1n) is 7.08. The Morgan fingerprint density at radius 3 is 2.52 bits per heavy atom. The summed E-state index contributed by atoms with van der Waals surface area (Å²) >= 11 is 0. The van der Waals surface area contributed by atoms with E-state index in [4.69, 9.17) is 0 Å². The lowest BCUT2D eigenvalue weighted by atomic mass is 10.2. The SMILES string of the molecule is O=C(NCc1nnc2ccccn12)c1ccc(S(=O)(=O)C(F)F)cc1. The number of nitrogens with zero attached hydrogens (tertiary/aromatic N) is 3. The van der Waals surface area contributed by atoms with Crippen LogP contribution in [-0.4, -0.2) is 34.7 Å². The summed E-state index contributed by atoms with van der Waals surface area (Å²) in [6.07, 6.45) is 1.75. The molecule has 0 bridgehead atoms. The first kappa shape index (κ1) is 17.0. The third-order valence-electron chi connectivity index (χ3n) is 3.47. The molecule has 0 aliphatic carbocycles. The maximum atomic E-state index is 12.5. The van der Waals surface area contributed by atoms with Gasteiger partial charge in [0, 0.05) is 11.8 Å². The zero-order valence-corrected chi connectivity index (χ0v) is 13.5. The van der Waals surface area contributed by atoms with Crippen molar-refractivity contribution < 1.29 is 22.0 Å². The molecular weight excluding hydrogens is 354 g/mol. The van der Waals surface area contributed by atoms with Crippen molar-refractivity contribution in [3.63, 3.8) is 0 Å². The van der Waals surface area contributed by atoms with E-state index in [1.165, 1.54) is 12.1 Å². The predicted molar refractivity (Wildman–Crippen MR) is 83.8 cm³/mol. The molecule has 0 unspecified atom stereocenters. The van der Waals surface area contributed by atoms with Gasteiger partial charge < -0.3 is 5.32 Å². The highest BCUT2D eigenvalue weighted by Crippen LogP contribution is 2.18. The minimum Gasteiger partial charge on any atom is -0.345 e. The number of halogens is 2. The van der Waals surface area contributed by atoms with Gasteiger partial charge in [-0.25, -0.2) is 8.42 Å². The second kappa shape index (κ2) is 6.55. The van der Waals surface area contributed by atoms with Gasteiger partial charge in [0.2, 0.25) is 9.84 Å². The van der Waals surface area contributed by atoms with E-state index in [0.717, 1.165) is 12.1 Å². The first-order valence-corrected chi connectivity index (χ1v) is 8.63. The molecule has 130 valence electrons. The zero-order chi connectivity index (χ0) is 18.0. The number of sulfone groups is 1. The molecule has 10 heteroatoms. The van der Waals surface area contributed by atoms with Crippen molar-refractivity contribution in [3.05, 3.63) is 60.0 Å². The number of rotatable bonds is 5. The van der Waals surface area contributed by atoms with Gasteiger partial charge in [0.15, 0.2) is 11.5 Å². The van der Waals surface area contributed by atoms with Crippen molar-refractivity contribution in [1.82, 2.24) is 19.9 Å². The molecule has 2 aromatic heterocycles. The molecule has 0 saturated heterocycles. The Balaban J connectivity index is 1.71. The Morgan fingerprint density at radius 1 is 1.12 bits per heavy atom. The van der Waals surface area contributed by atoms with Crippen LogP contribution in [-0.2, 0) is 16.4 Å². The first-order chi connectivity index (χ1) is 11.9. The molecule has 3 rings (SSSR count). The highest BCUT2D eigenvalue weighted by Gasteiger charge is 2.26. The molecular formula is C15H12F2N4O3S. The lowest BCUT2D eigenvalue weighted by Gasteiger charge is -2.06. The van der Waals surface area contributed by atoms with Crippen molar-refractivity contribution in [2.24, 2.45) is 0 Å². The van der Waals surface area contributed by atoms with E-state index < -0.39 is 26.4 Å². The average molecular weight is 366 g/mol. The summed E-state index contributed by atoms with van der Waals surface area (Å²) in [4.78, 5) is 11.6. The van der Waals surface area contributed by atoms with E-state index in [-0.39, 0.29) is 12.1 Å². The van der Waals surface area contributed by atoms with Crippen molar-refractivity contribution in [3.8, 4) is 0 Å². The number of pyridine rings is 1. The molecule has 2 heterocycles. The van der Waals surface area contributed by atoms with Crippen LogP contribution in [0.1, 0.15) is 16.2 Å². The van der Waals surface area contributed by atoms with Gasteiger partial charge in [-0.05, 0) is 36.4 Å². The van der Waals surface area contributed by atoms with Gasteiger partial charge in [-0.1, -0.05) is 6.07 Å². The van der Waals surface area contributed by atoms with Gasteiger partial charge >= 0.3 is 5.76 Å². The number of alkyl halides is 2. The Hall–Kier alpha value is -2.88. The van der Waals surface area contributed by atoms with Crippen molar-refractivity contribution in [2.75, 3.05) is 0 Å². The minimum atomic E-state index is -4.68. The average Bonchev–Trinajstić information content (AvgIpc) is 3.03. The van der Waals surface area contributed by atoms with Crippen LogP contribution in [0.2, 0.25) is 0 Å². The van der Waals surface area contributed by atoms with E-state index >= 15 is 0 Å². The van der Waals surface area contributed by atoms with Crippen LogP contribution in [0, 0.1) is 0 Å². The molecule has 0 aliphatic rings. The number of hydrogen-bond acceptors (Lipinski definition) is 5. The third-order valence-corrected chi connectivity index (χ3v) is 4.87. The maximum Gasteiger partial charge on any atom is 0.341 e. The van der Waals surface area contributed by atoms with Crippen LogP contribution in [0.25, 0.3) is 5.65 Å². The van der Waals surface area contributed by atoms with Gasteiger partial charge in [0.25, 0.3) is 5.91 Å². The van der Waals surface area contributed by atoms with Crippen LogP contribution in [0.15, 0.2) is 53.6 Å². The molecule has 1 N–H and O–H groups in total. The van der Waals surface area contributed by atoms with Gasteiger partial charge in [0.05, 0.1) is 11.4 Å². The lowest BCUT2D eigenvalue weighted by Crippen LogP contribution is -2.24. The number of amides is 1. The molecule has 0 radical (unpaired) electrons. The monoisotopic (exact) mass is 366 g/mol. The minimum absolute atomic E-state index is 0.0983. The smallest absolute Gasteiger partial charge is 0.341 e. The Bertz CT molecular complexity index is 1020. The number of carbonyl (C=O) groups is 1. The van der Waals surface area contributed by atoms with Gasteiger partial charge in [-0.15, -0.1) is 10.2 Å². The summed E-state index contributed by atoms with van der Waals surface area (Å²) < 4.78 is 49.4. The second-order valence-electron chi connectivity index (χ2n) is 5.06. The number of hydrogen-bond donors (Lipinski definition) is 1. The number of aromatic nitrogens is 3. The van der Waals surface area contributed by atoms with E-state index in [0.29, 0.717) is 11.5 Å². The molecule has 0 saturated carbocycles. The van der Waals surface area contributed by atoms with E-state index in [9.17, 15) is 22.0 Å². The van der Waals surface area contributed by atoms with E-state index in [1.54, 1.807) is 28.8 Å². The molecule has 0 spiro atoms. The van der Waals surface area contributed by atoms with Crippen LogP contribution in [0.4, 0.5) is 8.78 Å². The number of benzene rings is 1. The Labute approximate surface area is 141 Å². The maximum absolute atomic E-state index is 12.5. The lowest BCUT2D eigenvalue weighted by molar-refractivity contribution is 0.0949. The van der Waals surface area contributed by atoms with Gasteiger partial charge in [-0.3, -0.25) is 9.20 Å². The molecule has 0 aliphatic heterocycles.